The third-order valence-corrected chi connectivity index (χ3v) is 4.20. The lowest BCUT2D eigenvalue weighted by atomic mass is 9.96. The molecular weight excluding hydrogens is 268 g/mol. The van der Waals surface area contributed by atoms with E-state index in [2.05, 4.69) is 4.98 Å². The van der Waals surface area contributed by atoms with Crippen molar-refractivity contribution >= 4 is 22.8 Å². The zero-order valence-electron chi connectivity index (χ0n) is 11.7. The number of likely N-dealkylation sites (tertiary alicyclic amines) is 1. The second-order valence-electron chi connectivity index (χ2n) is 5.51. The Morgan fingerprint density at radius 2 is 1.95 bits per heavy atom. The Hall–Kier alpha value is -2.30. The zero-order valence-corrected chi connectivity index (χ0v) is 11.7. The van der Waals surface area contributed by atoms with Crippen LogP contribution in [0.15, 0.2) is 30.5 Å². The molecule has 1 amide bonds. The number of carboxylic acid groups (broad SMARTS) is 1. The number of fused-ring (bicyclic) bond motifs is 1. The Labute approximate surface area is 122 Å². The SMILES string of the molecule is O=C([O-])C1CCN(C(=O)Cc2c[nH]c3ccccc23)CC1. The number of aliphatic carboxylic acids is 1. The van der Waals surface area contributed by atoms with Gasteiger partial charge in [-0.25, -0.2) is 0 Å². The van der Waals surface area contributed by atoms with Crippen molar-refractivity contribution in [1.82, 2.24) is 9.88 Å². The maximum atomic E-state index is 12.3. The van der Waals surface area contributed by atoms with Crippen LogP contribution in [0.1, 0.15) is 18.4 Å². The highest BCUT2D eigenvalue weighted by Crippen LogP contribution is 2.21. The van der Waals surface area contributed by atoms with Gasteiger partial charge in [-0.15, -0.1) is 0 Å². The number of H-pyrrole nitrogens is 1. The summed E-state index contributed by atoms with van der Waals surface area (Å²) in [6.45, 7) is 1.000. The van der Waals surface area contributed by atoms with E-state index in [9.17, 15) is 14.7 Å². The smallest absolute Gasteiger partial charge is 0.227 e. The van der Waals surface area contributed by atoms with Crippen LogP contribution >= 0.6 is 0 Å². The lowest BCUT2D eigenvalue weighted by molar-refractivity contribution is -0.312. The molecule has 2 heterocycles. The number of para-hydroxylation sites is 1. The first-order valence-corrected chi connectivity index (χ1v) is 7.19. The highest BCUT2D eigenvalue weighted by molar-refractivity contribution is 5.89. The molecule has 3 rings (SSSR count). The molecule has 1 fully saturated rings. The van der Waals surface area contributed by atoms with Crippen molar-refractivity contribution in [3.8, 4) is 0 Å². The molecule has 1 aromatic carbocycles. The highest BCUT2D eigenvalue weighted by Gasteiger charge is 2.23. The summed E-state index contributed by atoms with van der Waals surface area (Å²) in [4.78, 5) is 28.1. The molecule has 2 aromatic rings. The van der Waals surface area contributed by atoms with Crippen LogP contribution in [0.25, 0.3) is 10.9 Å². The van der Waals surface area contributed by atoms with Crippen LogP contribution < -0.4 is 5.11 Å². The second kappa shape index (κ2) is 5.60. The number of carbonyl (C=O) groups is 2. The molecule has 0 bridgehead atoms. The van der Waals surface area contributed by atoms with Crippen LogP contribution in [0.4, 0.5) is 0 Å². The maximum Gasteiger partial charge on any atom is 0.227 e. The average molecular weight is 285 g/mol. The minimum Gasteiger partial charge on any atom is -0.550 e. The number of aromatic nitrogens is 1. The molecule has 5 nitrogen and oxygen atoms in total. The molecule has 1 aliphatic heterocycles. The van der Waals surface area contributed by atoms with Gasteiger partial charge >= 0.3 is 0 Å². The molecule has 0 saturated carbocycles. The van der Waals surface area contributed by atoms with Crippen molar-refractivity contribution in [3.05, 3.63) is 36.0 Å². The van der Waals surface area contributed by atoms with Crippen molar-refractivity contribution < 1.29 is 14.7 Å². The fourth-order valence-corrected chi connectivity index (χ4v) is 2.92. The van der Waals surface area contributed by atoms with Gasteiger partial charge in [0.05, 0.1) is 6.42 Å². The van der Waals surface area contributed by atoms with Gasteiger partial charge in [0.15, 0.2) is 0 Å². The van der Waals surface area contributed by atoms with Crippen molar-refractivity contribution in [3.63, 3.8) is 0 Å². The molecule has 1 aliphatic rings. The van der Waals surface area contributed by atoms with Gasteiger partial charge in [-0.3, -0.25) is 4.79 Å². The first kappa shape index (κ1) is 13.7. The first-order chi connectivity index (χ1) is 10.1. The maximum absolute atomic E-state index is 12.3. The third-order valence-electron chi connectivity index (χ3n) is 4.20. The van der Waals surface area contributed by atoms with Crippen LogP contribution in [-0.2, 0) is 16.0 Å². The van der Waals surface area contributed by atoms with E-state index in [0.29, 0.717) is 32.4 Å². The number of piperidine rings is 1. The number of aromatic amines is 1. The van der Waals surface area contributed by atoms with E-state index in [-0.39, 0.29) is 5.91 Å². The van der Waals surface area contributed by atoms with Crippen LogP contribution in [-0.4, -0.2) is 34.8 Å². The van der Waals surface area contributed by atoms with E-state index in [1.54, 1.807) is 4.90 Å². The largest absolute Gasteiger partial charge is 0.550 e. The number of benzene rings is 1. The molecular formula is C16H17N2O3-. The fraction of sp³-hybridized carbons (Fsp3) is 0.375. The van der Waals surface area contributed by atoms with E-state index in [1.165, 1.54) is 0 Å². The van der Waals surface area contributed by atoms with Gasteiger partial charge in [-0.05, 0) is 24.5 Å². The Morgan fingerprint density at radius 1 is 1.24 bits per heavy atom. The third kappa shape index (κ3) is 2.77. The fourth-order valence-electron chi connectivity index (χ4n) is 2.92. The van der Waals surface area contributed by atoms with Crippen LogP contribution in [0.2, 0.25) is 0 Å². The number of rotatable bonds is 3. The van der Waals surface area contributed by atoms with Crippen LogP contribution in [0, 0.1) is 5.92 Å². The van der Waals surface area contributed by atoms with Gasteiger partial charge in [0.2, 0.25) is 5.91 Å². The number of nitrogens with one attached hydrogen (secondary N) is 1. The molecule has 1 saturated heterocycles. The van der Waals surface area contributed by atoms with Crippen LogP contribution in [0.3, 0.4) is 0 Å². The monoisotopic (exact) mass is 285 g/mol. The Bertz CT molecular complexity index is 669. The standard InChI is InChI=1S/C16H18N2O3/c19-15(18-7-5-11(6-8-18)16(20)21)9-12-10-17-14-4-2-1-3-13(12)14/h1-4,10-11,17H,5-9H2,(H,20,21)/p-1. The Morgan fingerprint density at radius 3 is 2.67 bits per heavy atom. The number of amides is 1. The van der Waals surface area contributed by atoms with E-state index in [1.807, 2.05) is 30.5 Å². The summed E-state index contributed by atoms with van der Waals surface area (Å²) in [6.07, 6.45) is 3.19. The van der Waals surface area contributed by atoms with Gasteiger partial charge in [0, 0.05) is 42.1 Å². The van der Waals surface area contributed by atoms with Gasteiger partial charge in [-0.2, -0.15) is 0 Å². The van der Waals surface area contributed by atoms with Crippen LogP contribution in [0.5, 0.6) is 0 Å². The Balaban J connectivity index is 1.66. The van der Waals surface area contributed by atoms with Gasteiger partial charge in [0.1, 0.15) is 0 Å². The van der Waals surface area contributed by atoms with Crippen molar-refractivity contribution in [1.29, 1.82) is 0 Å². The van der Waals surface area contributed by atoms with E-state index in [0.717, 1.165) is 16.5 Å². The molecule has 1 aromatic heterocycles. The lowest BCUT2D eigenvalue weighted by Crippen LogP contribution is -2.44. The number of hydrogen-bond acceptors (Lipinski definition) is 3. The molecule has 0 spiro atoms. The normalized spacial score (nSPS) is 16.3. The summed E-state index contributed by atoms with van der Waals surface area (Å²) in [6, 6.07) is 7.89. The molecule has 21 heavy (non-hydrogen) atoms. The molecule has 110 valence electrons. The first-order valence-electron chi connectivity index (χ1n) is 7.19. The van der Waals surface area contributed by atoms with Crippen molar-refractivity contribution in [2.75, 3.05) is 13.1 Å². The summed E-state index contributed by atoms with van der Waals surface area (Å²) < 4.78 is 0. The molecule has 1 N–H and O–H groups in total. The molecule has 0 aliphatic carbocycles. The second-order valence-corrected chi connectivity index (χ2v) is 5.51. The summed E-state index contributed by atoms with van der Waals surface area (Å²) >= 11 is 0. The predicted octanol–water partition coefficient (Wildman–Crippen LogP) is 0.699. The summed E-state index contributed by atoms with van der Waals surface area (Å²) in [5.41, 5.74) is 2.01. The number of hydrogen-bond donors (Lipinski definition) is 1. The topological polar surface area (TPSA) is 76.2 Å². The van der Waals surface area contributed by atoms with Gasteiger partial charge in [-0.1, -0.05) is 18.2 Å². The Kier molecular flexibility index (Phi) is 3.64. The lowest BCUT2D eigenvalue weighted by Gasteiger charge is -2.32. The van der Waals surface area contributed by atoms with E-state index >= 15 is 0 Å². The predicted molar refractivity (Wildman–Crippen MR) is 76.3 cm³/mol. The van der Waals surface area contributed by atoms with Gasteiger partial charge in [0.25, 0.3) is 0 Å². The molecule has 0 radical (unpaired) electrons. The van der Waals surface area contributed by atoms with Crippen molar-refractivity contribution in [2.45, 2.75) is 19.3 Å². The summed E-state index contributed by atoms with van der Waals surface area (Å²) in [7, 11) is 0. The number of nitrogens with zero attached hydrogens (tertiary/aromatic N) is 1. The van der Waals surface area contributed by atoms with E-state index < -0.39 is 11.9 Å². The van der Waals surface area contributed by atoms with E-state index in [4.69, 9.17) is 0 Å². The number of carbonyl (C=O) groups excluding carboxylic acids is 2. The van der Waals surface area contributed by atoms with Gasteiger partial charge < -0.3 is 19.8 Å². The quantitative estimate of drug-likeness (QED) is 0.902. The molecule has 5 heteroatoms. The number of carboxylic acids is 1. The summed E-state index contributed by atoms with van der Waals surface area (Å²) in [5.74, 6) is -1.36. The molecule has 0 unspecified atom stereocenters. The minimum absolute atomic E-state index is 0.0524. The summed E-state index contributed by atoms with van der Waals surface area (Å²) in [5, 5.41) is 11.9. The zero-order chi connectivity index (χ0) is 14.8. The molecule has 0 atom stereocenters. The highest BCUT2D eigenvalue weighted by atomic mass is 16.4. The average Bonchev–Trinajstić information content (AvgIpc) is 2.91. The minimum atomic E-state index is -1.00. The van der Waals surface area contributed by atoms with Crippen molar-refractivity contribution in [2.24, 2.45) is 5.92 Å².